The summed E-state index contributed by atoms with van der Waals surface area (Å²) < 4.78 is 5.78. The van der Waals surface area contributed by atoms with Crippen molar-refractivity contribution in [2.24, 2.45) is 0 Å². The number of carbonyl (C=O) groups excluding carboxylic acids is 2. The number of halogens is 1. The van der Waals surface area contributed by atoms with Gasteiger partial charge in [-0.15, -0.1) is 12.4 Å². The van der Waals surface area contributed by atoms with E-state index in [2.05, 4.69) is 11.8 Å². The summed E-state index contributed by atoms with van der Waals surface area (Å²) in [5, 5.41) is 0. The van der Waals surface area contributed by atoms with Gasteiger partial charge < -0.3 is 9.64 Å². The highest BCUT2D eigenvalue weighted by molar-refractivity contribution is 5.85. The van der Waals surface area contributed by atoms with Crippen LogP contribution < -0.4 is 0 Å². The molecule has 1 unspecified atom stereocenters. The van der Waals surface area contributed by atoms with Crippen molar-refractivity contribution in [2.45, 2.75) is 77.2 Å². The number of hydrogen-bond donors (Lipinski definition) is 0. The number of carbonyl (C=O) groups is 2. The second-order valence-corrected chi connectivity index (χ2v) is 7.23. The van der Waals surface area contributed by atoms with Crippen molar-refractivity contribution < 1.29 is 14.3 Å². The van der Waals surface area contributed by atoms with Crippen LogP contribution >= 0.6 is 12.4 Å². The largest absolute Gasteiger partial charge is 0.459 e. The van der Waals surface area contributed by atoms with Gasteiger partial charge in [0.1, 0.15) is 6.10 Å². The summed E-state index contributed by atoms with van der Waals surface area (Å²) in [7, 11) is 0. The lowest BCUT2D eigenvalue weighted by molar-refractivity contribution is -0.152. The number of hydrogen-bond acceptors (Lipinski definition) is 4. The zero-order valence-electron chi connectivity index (χ0n) is 15.7. The van der Waals surface area contributed by atoms with Gasteiger partial charge in [0.25, 0.3) is 0 Å². The van der Waals surface area contributed by atoms with E-state index in [0.717, 1.165) is 51.9 Å². The molecule has 0 radical (unpaired) electrons. The monoisotopic (exact) mass is 374 g/mol. The summed E-state index contributed by atoms with van der Waals surface area (Å²) in [6, 6.07) is 0. The van der Waals surface area contributed by atoms with Crippen LogP contribution in [0.15, 0.2) is 0 Å². The summed E-state index contributed by atoms with van der Waals surface area (Å²) in [6.07, 6.45) is 9.99. The van der Waals surface area contributed by atoms with Gasteiger partial charge in [0.2, 0.25) is 5.91 Å². The molecule has 0 aliphatic carbocycles. The number of rotatable bonds is 9. The first-order chi connectivity index (χ1) is 11.7. The second kappa shape index (κ2) is 12.5. The molecule has 0 saturated carbocycles. The Kier molecular flexibility index (Phi) is 11.1. The van der Waals surface area contributed by atoms with E-state index in [0.29, 0.717) is 19.4 Å². The minimum Gasteiger partial charge on any atom is -0.459 e. The number of nitrogens with zero attached hydrogens (tertiary/aromatic N) is 2. The first-order valence-electron chi connectivity index (χ1n) is 9.88. The molecule has 25 heavy (non-hydrogen) atoms. The van der Waals surface area contributed by atoms with Crippen LogP contribution in [0.4, 0.5) is 0 Å². The molecular formula is C19H35ClN2O3. The van der Waals surface area contributed by atoms with E-state index >= 15 is 0 Å². The second-order valence-electron chi connectivity index (χ2n) is 7.23. The third-order valence-electron chi connectivity index (χ3n) is 5.04. The van der Waals surface area contributed by atoms with Gasteiger partial charge in [-0.2, -0.15) is 0 Å². The predicted octanol–water partition coefficient (Wildman–Crippen LogP) is 3.40. The van der Waals surface area contributed by atoms with Crippen LogP contribution in [0.2, 0.25) is 0 Å². The maximum Gasteiger partial charge on any atom is 0.306 e. The van der Waals surface area contributed by atoms with E-state index in [-0.39, 0.29) is 30.4 Å². The van der Waals surface area contributed by atoms with Crippen molar-refractivity contribution in [3.8, 4) is 0 Å². The molecule has 5 nitrogen and oxygen atoms in total. The maximum absolute atomic E-state index is 12.1. The van der Waals surface area contributed by atoms with Crippen LogP contribution in [-0.2, 0) is 14.3 Å². The topological polar surface area (TPSA) is 49.9 Å². The molecule has 2 aliphatic heterocycles. The van der Waals surface area contributed by atoms with Crippen molar-refractivity contribution in [2.75, 3.05) is 32.7 Å². The van der Waals surface area contributed by atoms with Crippen LogP contribution in [0.5, 0.6) is 0 Å². The fourth-order valence-corrected chi connectivity index (χ4v) is 3.65. The molecule has 2 saturated heterocycles. The molecular weight excluding hydrogens is 340 g/mol. The predicted molar refractivity (Wildman–Crippen MR) is 102 cm³/mol. The van der Waals surface area contributed by atoms with E-state index < -0.39 is 0 Å². The van der Waals surface area contributed by atoms with Gasteiger partial charge in [0.05, 0.1) is 6.54 Å². The Morgan fingerprint density at radius 3 is 2.36 bits per heavy atom. The van der Waals surface area contributed by atoms with Gasteiger partial charge in [0.15, 0.2) is 0 Å². The van der Waals surface area contributed by atoms with E-state index in [4.69, 9.17) is 4.74 Å². The van der Waals surface area contributed by atoms with Gasteiger partial charge in [-0.05, 0) is 38.8 Å². The highest BCUT2D eigenvalue weighted by Crippen LogP contribution is 2.15. The molecule has 2 heterocycles. The summed E-state index contributed by atoms with van der Waals surface area (Å²) in [4.78, 5) is 28.4. The van der Waals surface area contributed by atoms with Crippen LogP contribution in [-0.4, -0.2) is 60.5 Å². The van der Waals surface area contributed by atoms with E-state index in [1.165, 1.54) is 25.7 Å². The normalized spacial score (nSPS) is 20.0. The van der Waals surface area contributed by atoms with Crippen LogP contribution in [0.25, 0.3) is 0 Å². The minimum absolute atomic E-state index is 0. The van der Waals surface area contributed by atoms with Gasteiger partial charge in [-0.3, -0.25) is 14.5 Å². The number of ether oxygens (including phenoxy) is 1. The Labute approximate surface area is 158 Å². The van der Waals surface area contributed by atoms with Crippen molar-refractivity contribution in [3.05, 3.63) is 0 Å². The average molecular weight is 375 g/mol. The lowest BCUT2D eigenvalue weighted by atomic mass is 10.2. The SMILES string of the molecule is CCCCCC(=O)OC(CN1CCCCCC1)CN1CCCC1=O.Cl. The number of likely N-dealkylation sites (tertiary alicyclic amines) is 2. The van der Waals surface area contributed by atoms with E-state index in [9.17, 15) is 9.59 Å². The Bertz CT molecular complexity index is 398. The van der Waals surface area contributed by atoms with Crippen molar-refractivity contribution in [3.63, 3.8) is 0 Å². The van der Waals surface area contributed by atoms with Crippen molar-refractivity contribution in [1.82, 2.24) is 9.80 Å². The summed E-state index contributed by atoms with van der Waals surface area (Å²) in [5.74, 6) is 0.104. The number of esters is 1. The molecule has 2 fully saturated rings. The summed E-state index contributed by atoms with van der Waals surface area (Å²) >= 11 is 0. The lowest BCUT2D eigenvalue weighted by Gasteiger charge is -2.29. The molecule has 0 aromatic heterocycles. The van der Waals surface area contributed by atoms with E-state index in [1.807, 2.05) is 4.90 Å². The molecule has 1 atom stereocenters. The van der Waals surface area contributed by atoms with Gasteiger partial charge in [0, 0.05) is 25.9 Å². The Morgan fingerprint density at radius 2 is 1.76 bits per heavy atom. The molecule has 2 aliphatic rings. The zero-order valence-corrected chi connectivity index (χ0v) is 16.5. The Hall–Kier alpha value is -0.810. The van der Waals surface area contributed by atoms with Crippen LogP contribution in [0.3, 0.4) is 0 Å². The molecule has 0 aromatic rings. The van der Waals surface area contributed by atoms with Crippen LogP contribution in [0.1, 0.15) is 71.1 Å². The van der Waals surface area contributed by atoms with Gasteiger partial charge in [-0.1, -0.05) is 32.6 Å². The van der Waals surface area contributed by atoms with E-state index in [1.54, 1.807) is 0 Å². The van der Waals surface area contributed by atoms with Gasteiger partial charge in [-0.25, -0.2) is 0 Å². The Morgan fingerprint density at radius 1 is 1.04 bits per heavy atom. The third kappa shape index (κ3) is 8.41. The molecule has 0 bridgehead atoms. The van der Waals surface area contributed by atoms with Gasteiger partial charge >= 0.3 is 5.97 Å². The zero-order chi connectivity index (χ0) is 17.2. The molecule has 0 aromatic carbocycles. The highest BCUT2D eigenvalue weighted by Gasteiger charge is 2.27. The fourth-order valence-electron chi connectivity index (χ4n) is 3.65. The Balaban J connectivity index is 0.00000312. The minimum atomic E-state index is -0.181. The molecule has 6 heteroatoms. The molecule has 0 N–H and O–H groups in total. The molecule has 146 valence electrons. The third-order valence-corrected chi connectivity index (χ3v) is 5.04. The van der Waals surface area contributed by atoms with Crippen molar-refractivity contribution >= 4 is 24.3 Å². The number of unbranched alkanes of at least 4 members (excludes halogenated alkanes) is 2. The standard InChI is InChI=1S/C19H34N2O3.ClH/c1-2-3-6-11-19(23)24-17(16-21-14-9-10-18(21)22)15-20-12-7-4-5-8-13-20;/h17H,2-16H2,1H3;1H. The first-order valence-corrected chi connectivity index (χ1v) is 9.88. The van der Waals surface area contributed by atoms with Crippen molar-refractivity contribution in [1.29, 1.82) is 0 Å². The van der Waals surface area contributed by atoms with Crippen LogP contribution in [0, 0.1) is 0 Å². The smallest absolute Gasteiger partial charge is 0.306 e. The lowest BCUT2D eigenvalue weighted by Crippen LogP contribution is -2.43. The maximum atomic E-state index is 12.1. The fraction of sp³-hybridized carbons (Fsp3) is 0.895. The quantitative estimate of drug-likeness (QED) is 0.458. The highest BCUT2D eigenvalue weighted by atomic mass is 35.5. The number of amides is 1. The molecule has 0 spiro atoms. The first kappa shape index (κ1) is 22.2. The molecule has 1 amide bonds. The molecule has 2 rings (SSSR count). The summed E-state index contributed by atoms with van der Waals surface area (Å²) in [6.45, 7) is 6.43. The average Bonchev–Trinajstić information content (AvgIpc) is 2.80. The summed E-state index contributed by atoms with van der Waals surface area (Å²) in [5.41, 5.74) is 0.